The normalized spacial score (nSPS) is 17.8. The van der Waals surface area contributed by atoms with Gasteiger partial charge in [0.25, 0.3) is 5.91 Å². The van der Waals surface area contributed by atoms with Crippen LogP contribution in [0.2, 0.25) is 0 Å². The summed E-state index contributed by atoms with van der Waals surface area (Å²) in [6.45, 7) is 8.96. The van der Waals surface area contributed by atoms with Gasteiger partial charge in [0.2, 0.25) is 17.8 Å². The van der Waals surface area contributed by atoms with Gasteiger partial charge in [0, 0.05) is 68.4 Å². The Balaban J connectivity index is 0.896. The molecule has 13 nitrogen and oxygen atoms in total. The predicted octanol–water partition coefficient (Wildman–Crippen LogP) is 5.02. The quantitative estimate of drug-likeness (QED) is 0.209. The summed E-state index contributed by atoms with van der Waals surface area (Å²) in [5.41, 5.74) is 3.26. The standard InChI is InChI=1S/C38H37F3N10O3/c1-20(2)51-21(3)44-35-28(40)13-22(14-31(35)51)34-29(41)17-43-38(47-34)45-32-6-4-25(16-42-32)49-10-8-48(9-11-49)18-24-12-23-19-50(37(54)26(23)15-27(24)39)30-5-7-33(52)46-36(30)53/h4,6,12-17,20,30H,5,7-11,18-19H2,1-3H3,(H,46,52,53)(H,42,43,45,47). The molecule has 3 aromatic heterocycles. The molecule has 0 aliphatic carbocycles. The van der Waals surface area contributed by atoms with Gasteiger partial charge < -0.3 is 19.7 Å². The number of hydrogen-bond donors (Lipinski definition) is 2. The molecule has 16 heteroatoms. The van der Waals surface area contributed by atoms with Crippen molar-refractivity contribution in [2.45, 2.75) is 58.8 Å². The Kier molecular flexibility index (Phi) is 9.00. The third-order valence-electron chi connectivity index (χ3n) is 10.3. The minimum absolute atomic E-state index is 0.0204. The second-order valence-electron chi connectivity index (χ2n) is 14.1. The molecule has 0 bridgehead atoms. The Morgan fingerprint density at radius 2 is 1.72 bits per heavy atom. The molecule has 278 valence electrons. The third kappa shape index (κ3) is 6.50. The number of amides is 3. The lowest BCUT2D eigenvalue weighted by atomic mass is 10.0. The number of nitrogens with zero attached hydrogens (tertiary/aromatic N) is 8. The molecule has 2 N–H and O–H groups in total. The van der Waals surface area contributed by atoms with Gasteiger partial charge in [-0.1, -0.05) is 0 Å². The molecule has 3 aliphatic rings. The van der Waals surface area contributed by atoms with Crippen LogP contribution in [-0.2, 0) is 22.7 Å². The fourth-order valence-electron chi connectivity index (χ4n) is 7.62. The molecule has 8 rings (SSSR count). The van der Waals surface area contributed by atoms with Crippen molar-refractivity contribution in [2.24, 2.45) is 0 Å². The van der Waals surface area contributed by atoms with Crippen molar-refractivity contribution >= 4 is 46.2 Å². The van der Waals surface area contributed by atoms with E-state index < -0.39 is 35.3 Å². The van der Waals surface area contributed by atoms with E-state index in [1.807, 2.05) is 24.5 Å². The van der Waals surface area contributed by atoms with Crippen molar-refractivity contribution in [3.05, 3.63) is 88.8 Å². The maximum atomic E-state index is 15.3. The predicted molar refractivity (Wildman–Crippen MR) is 193 cm³/mol. The van der Waals surface area contributed by atoms with Crippen LogP contribution in [0.4, 0.5) is 30.6 Å². The van der Waals surface area contributed by atoms with E-state index in [-0.39, 0.29) is 59.6 Å². The van der Waals surface area contributed by atoms with E-state index in [0.29, 0.717) is 61.0 Å². The number of anilines is 3. The highest BCUT2D eigenvalue weighted by Gasteiger charge is 2.39. The Hall–Kier alpha value is -5.90. The largest absolute Gasteiger partial charge is 0.368 e. The number of rotatable bonds is 8. The van der Waals surface area contributed by atoms with Crippen LogP contribution in [-0.4, -0.2) is 84.2 Å². The summed E-state index contributed by atoms with van der Waals surface area (Å²) in [4.78, 5) is 60.0. The van der Waals surface area contributed by atoms with E-state index in [4.69, 9.17) is 0 Å². The number of hydrogen-bond acceptors (Lipinski definition) is 10. The van der Waals surface area contributed by atoms with Crippen molar-refractivity contribution in [1.82, 2.24) is 39.6 Å². The van der Waals surface area contributed by atoms with Crippen LogP contribution in [0.5, 0.6) is 0 Å². The van der Waals surface area contributed by atoms with Gasteiger partial charge in [0.15, 0.2) is 11.6 Å². The number of halogens is 3. The van der Waals surface area contributed by atoms with Crippen LogP contribution < -0.4 is 15.5 Å². The zero-order valence-corrected chi connectivity index (χ0v) is 29.9. The lowest BCUT2D eigenvalue weighted by Gasteiger charge is -2.36. The number of benzene rings is 2. The Labute approximate surface area is 308 Å². The van der Waals surface area contributed by atoms with Gasteiger partial charge in [-0.3, -0.25) is 24.6 Å². The Morgan fingerprint density at radius 3 is 2.44 bits per heavy atom. The molecule has 0 saturated carbocycles. The summed E-state index contributed by atoms with van der Waals surface area (Å²) < 4.78 is 47.3. The number of imide groups is 1. The molecule has 54 heavy (non-hydrogen) atoms. The van der Waals surface area contributed by atoms with Gasteiger partial charge >= 0.3 is 0 Å². The van der Waals surface area contributed by atoms with Gasteiger partial charge in [0.05, 0.1) is 23.6 Å². The van der Waals surface area contributed by atoms with Crippen LogP contribution in [0.3, 0.4) is 0 Å². The van der Waals surface area contributed by atoms with Crippen molar-refractivity contribution in [2.75, 3.05) is 36.4 Å². The molecule has 5 aromatic rings. The number of aryl methyl sites for hydroxylation is 1. The average Bonchev–Trinajstić information content (AvgIpc) is 3.65. The summed E-state index contributed by atoms with van der Waals surface area (Å²) in [6.07, 6.45) is 3.15. The number of aromatic nitrogens is 5. The number of fused-ring (bicyclic) bond motifs is 2. The summed E-state index contributed by atoms with van der Waals surface area (Å²) in [6, 6.07) is 8.82. The summed E-state index contributed by atoms with van der Waals surface area (Å²) >= 11 is 0. The first-order valence-electron chi connectivity index (χ1n) is 17.8. The molecule has 2 aromatic carbocycles. The van der Waals surface area contributed by atoms with Gasteiger partial charge in [0.1, 0.15) is 34.7 Å². The van der Waals surface area contributed by atoms with E-state index >= 15 is 13.2 Å². The highest BCUT2D eigenvalue weighted by atomic mass is 19.1. The second-order valence-corrected chi connectivity index (χ2v) is 14.1. The molecular formula is C38H37F3N10O3. The van der Waals surface area contributed by atoms with Gasteiger partial charge in [-0.15, -0.1) is 0 Å². The van der Waals surface area contributed by atoms with Crippen LogP contribution in [0.1, 0.15) is 60.0 Å². The number of pyridine rings is 1. The number of imidazole rings is 1. The first kappa shape index (κ1) is 35.1. The van der Waals surface area contributed by atoms with E-state index in [9.17, 15) is 14.4 Å². The molecule has 1 unspecified atom stereocenters. The fourth-order valence-corrected chi connectivity index (χ4v) is 7.62. The molecule has 3 amide bonds. The van der Waals surface area contributed by atoms with Crippen molar-refractivity contribution in [1.29, 1.82) is 0 Å². The lowest BCUT2D eigenvalue weighted by molar-refractivity contribution is -0.136. The molecule has 6 heterocycles. The smallest absolute Gasteiger partial charge is 0.255 e. The number of nitrogens with one attached hydrogen (secondary N) is 2. The number of carbonyl (C=O) groups is 3. The Morgan fingerprint density at radius 1 is 0.926 bits per heavy atom. The monoisotopic (exact) mass is 738 g/mol. The Bertz CT molecular complexity index is 2320. The topological polar surface area (TPSA) is 141 Å². The second kappa shape index (κ2) is 13.8. The zero-order chi connectivity index (χ0) is 37.8. The third-order valence-corrected chi connectivity index (χ3v) is 10.3. The molecule has 1 atom stereocenters. The molecule has 3 aliphatic heterocycles. The van der Waals surface area contributed by atoms with E-state index in [1.54, 1.807) is 31.3 Å². The molecule has 2 saturated heterocycles. The van der Waals surface area contributed by atoms with Crippen LogP contribution in [0.25, 0.3) is 22.3 Å². The number of piperidine rings is 1. The lowest BCUT2D eigenvalue weighted by Crippen LogP contribution is -2.52. The van der Waals surface area contributed by atoms with Gasteiger partial charge in [-0.2, -0.15) is 0 Å². The zero-order valence-electron chi connectivity index (χ0n) is 29.9. The highest BCUT2D eigenvalue weighted by molar-refractivity contribution is 6.05. The summed E-state index contributed by atoms with van der Waals surface area (Å²) in [5, 5.41) is 5.30. The molecule has 2 fully saturated rings. The number of piperazine rings is 1. The SMILES string of the molecule is Cc1nc2c(F)cc(-c3nc(Nc4ccc(N5CCN(Cc6cc7c(cc6F)C(=O)N(C6CCC(=O)NC6=O)C7)CC5)cn4)ncc3F)cc2n1C(C)C. The molecular weight excluding hydrogens is 701 g/mol. The maximum absolute atomic E-state index is 15.3. The van der Waals surface area contributed by atoms with Crippen molar-refractivity contribution in [3.63, 3.8) is 0 Å². The van der Waals surface area contributed by atoms with Gasteiger partial charge in [-0.05, 0) is 69.2 Å². The van der Waals surface area contributed by atoms with Crippen LogP contribution in [0.15, 0.2) is 48.8 Å². The summed E-state index contributed by atoms with van der Waals surface area (Å²) in [7, 11) is 0. The van der Waals surface area contributed by atoms with Crippen molar-refractivity contribution in [3.8, 4) is 11.3 Å². The first-order valence-corrected chi connectivity index (χ1v) is 17.8. The minimum atomic E-state index is -0.754. The fraction of sp³-hybridized carbons (Fsp3) is 0.342. The van der Waals surface area contributed by atoms with Crippen LogP contribution >= 0.6 is 0 Å². The molecule has 0 radical (unpaired) electrons. The average molecular weight is 739 g/mol. The van der Waals surface area contributed by atoms with E-state index in [2.05, 4.69) is 40.4 Å². The first-order chi connectivity index (χ1) is 25.9. The van der Waals surface area contributed by atoms with Gasteiger partial charge in [-0.25, -0.2) is 33.1 Å². The van der Waals surface area contributed by atoms with E-state index in [0.717, 1.165) is 11.9 Å². The number of carbonyl (C=O) groups excluding carboxylic acids is 3. The molecule has 0 spiro atoms. The van der Waals surface area contributed by atoms with E-state index in [1.165, 1.54) is 17.0 Å². The maximum Gasteiger partial charge on any atom is 0.255 e. The highest BCUT2D eigenvalue weighted by Crippen LogP contribution is 2.32. The van der Waals surface area contributed by atoms with Crippen molar-refractivity contribution < 1.29 is 27.6 Å². The minimum Gasteiger partial charge on any atom is -0.368 e. The van der Waals surface area contributed by atoms with Crippen LogP contribution in [0, 0.1) is 24.4 Å². The summed E-state index contributed by atoms with van der Waals surface area (Å²) in [5.74, 6) is -1.80.